The molecule has 5 heteroatoms. The lowest BCUT2D eigenvalue weighted by molar-refractivity contribution is -0.145. The predicted octanol–water partition coefficient (Wildman–Crippen LogP) is 1.46. The highest BCUT2D eigenvalue weighted by atomic mass is 16.4. The van der Waals surface area contributed by atoms with Crippen LogP contribution >= 0.6 is 0 Å². The average molecular weight is 251 g/mol. The summed E-state index contributed by atoms with van der Waals surface area (Å²) >= 11 is 0. The lowest BCUT2D eigenvalue weighted by Gasteiger charge is -2.36. The number of piperidine rings is 1. The standard InChI is InChI=1S/C13H21N3O2/c1-2-11-3-5-16(12(9-11)13(17)18)8-7-15-6-4-14-10-15/h4,6,10-12H,2-3,5,7-9H2,1H3,(H,17,18). The summed E-state index contributed by atoms with van der Waals surface area (Å²) in [5.74, 6) is -0.116. The molecule has 1 aromatic heterocycles. The minimum Gasteiger partial charge on any atom is -0.480 e. The molecule has 0 amide bonds. The Balaban J connectivity index is 1.91. The van der Waals surface area contributed by atoms with Crippen molar-refractivity contribution in [2.24, 2.45) is 5.92 Å². The number of likely N-dealkylation sites (tertiary alicyclic amines) is 1. The van der Waals surface area contributed by atoms with Gasteiger partial charge in [-0.2, -0.15) is 0 Å². The molecule has 2 atom stereocenters. The fourth-order valence-corrected chi connectivity index (χ4v) is 2.65. The maximum absolute atomic E-state index is 11.3. The third-order valence-electron chi connectivity index (χ3n) is 3.89. The monoisotopic (exact) mass is 251 g/mol. The highest BCUT2D eigenvalue weighted by molar-refractivity contribution is 5.73. The van der Waals surface area contributed by atoms with Gasteiger partial charge < -0.3 is 9.67 Å². The van der Waals surface area contributed by atoms with E-state index in [1.165, 1.54) is 0 Å². The fraction of sp³-hybridized carbons (Fsp3) is 0.692. The fourth-order valence-electron chi connectivity index (χ4n) is 2.65. The normalized spacial score (nSPS) is 25.2. The second kappa shape index (κ2) is 6.00. The summed E-state index contributed by atoms with van der Waals surface area (Å²) in [6.07, 6.45) is 8.42. The molecule has 0 aliphatic carbocycles. The van der Waals surface area contributed by atoms with Crippen LogP contribution in [0.3, 0.4) is 0 Å². The van der Waals surface area contributed by atoms with Gasteiger partial charge in [-0.25, -0.2) is 4.98 Å². The minimum absolute atomic E-state index is 0.313. The largest absolute Gasteiger partial charge is 0.480 e. The van der Waals surface area contributed by atoms with E-state index in [9.17, 15) is 9.90 Å². The maximum atomic E-state index is 11.3. The van der Waals surface area contributed by atoms with Gasteiger partial charge in [0, 0.05) is 25.5 Å². The quantitative estimate of drug-likeness (QED) is 0.860. The minimum atomic E-state index is -0.682. The first kappa shape index (κ1) is 13.1. The Morgan fingerprint density at radius 2 is 2.33 bits per heavy atom. The molecule has 1 aliphatic rings. The van der Waals surface area contributed by atoms with Crippen molar-refractivity contribution in [3.05, 3.63) is 18.7 Å². The van der Waals surface area contributed by atoms with E-state index in [1.54, 1.807) is 12.5 Å². The molecule has 2 heterocycles. The lowest BCUT2D eigenvalue weighted by atomic mass is 9.89. The second-order valence-electron chi connectivity index (χ2n) is 4.99. The molecule has 0 spiro atoms. The van der Waals surface area contributed by atoms with Crippen molar-refractivity contribution in [2.75, 3.05) is 13.1 Å². The van der Waals surface area contributed by atoms with E-state index in [-0.39, 0.29) is 6.04 Å². The van der Waals surface area contributed by atoms with Gasteiger partial charge in [-0.3, -0.25) is 9.69 Å². The van der Waals surface area contributed by atoms with E-state index < -0.39 is 5.97 Å². The third kappa shape index (κ3) is 3.10. The average Bonchev–Trinajstić information content (AvgIpc) is 2.89. The van der Waals surface area contributed by atoms with Crippen LogP contribution in [0.15, 0.2) is 18.7 Å². The van der Waals surface area contributed by atoms with Crippen LogP contribution in [-0.4, -0.2) is 44.7 Å². The molecule has 1 saturated heterocycles. The molecule has 2 rings (SSSR count). The molecule has 1 N–H and O–H groups in total. The van der Waals surface area contributed by atoms with Gasteiger partial charge in [-0.15, -0.1) is 0 Å². The molecule has 0 aromatic carbocycles. The first-order valence-corrected chi connectivity index (χ1v) is 6.63. The zero-order valence-corrected chi connectivity index (χ0v) is 10.8. The highest BCUT2D eigenvalue weighted by Gasteiger charge is 2.32. The van der Waals surface area contributed by atoms with Crippen LogP contribution in [0.1, 0.15) is 26.2 Å². The van der Waals surface area contributed by atoms with Crippen molar-refractivity contribution in [3.8, 4) is 0 Å². The van der Waals surface area contributed by atoms with Gasteiger partial charge in [0.25, 0.3) is 0 Å². The Morgan fingerprint density at radius 1 is 1.50 bits per heavy atom. The Labute approximate surface area is 107 Å². The van der Waals surface area contributed by atoms with Crippen molar-refractivity contribution >= 4 is 5.97 Å². The molecular weight excluding hydrogens is 230 g/mol. The van der Waals surface area contributed by atoms with E-state index in [1.807, 2.05) is 10.8 Å². The molecule has 1 aromatic rings. The number of aliphatic carboxylic acids is 1. The number of carbonyl (C=O) groups is 1. The van der Waals surface area contributed by atoms with Crippen LogP contribution in [0, 0.1) is 5.92 Å². The number of hydrogen-bond donors (Lipinski definition) is 1. The third-order valence-corrected chi connectivity index (χ3v) is 3.89. The molecule has 0 bridgehead atoms. The van der Waals surface area contributed by atoms with Gasteiger partial charge in [-0.05, 0) is 25.3 Å². The van der Waals surface area contributed by atoms with Crippen LogP contribution in [-0.2, 0) is 11.3 Å². The zero-order chi connectivity index (χ0) is 13.0. The number of rotatable bonds is 5. The Morgan fingerprint density at radius 3 is 2.94 bits per heavy atom. The Bertz CT molecular complexity index is 378. The van der Waals surface area contributed by atoms with Crippen LogP contribution in [0.4, 0.5) is 0 Å². The van der Waals surface area contributed by atoms with E-state index in [0.717, 1.165) is 38.9 Å². The van der Waals surface area contributed by atoms with Gasteiger partial charge >= 0.3 is 5.97 Å². The van der Waals surface area contributed by atoms with E-state index in [0.29, 0.717) is 5.92 Å². The highest BCUT2D eigenvalue weighted by Crippen LogP contribution is 2.25. The van der Waals surface area contributed by atoms with E-state index in [4.69, 9.17) is 0 Å². The van der Waals surface area contributed by atoms with Crippen LogP contribution < -0.4 is 0 Å². The van der Waals surface area contributed by atoms with Gasteiger partial charge in [0.2, 0.25) is 0 Å². The molecule has 2 unspecified atom stereocenters. The number of hydrogen-bond acceptors (Lipinski definition) is 3. The summed E-state index contributed by atoms with van der Waals surface area (Å²) in [7, 11) is 0. The summed E-state index contributed by atoms with van der Waals surface area (Å²) in [5, 5.41) is 9.32. The van der Waals surface area contributed by atoms with Crippen molar-refractivity contribution in [2.45, 2.75) is 38.8 Å². The summed E-state index contributed by atoms with van der Waals surface area (Å²) < 4.78 is 1.99. The number of carboxylic acids is 1. The predicted molar refractivity (Wildman–Crippen MR) is 68.2 cm³/mol. The van der Waals surface area contributed by atoms with Gasteiger partial charge in [-0.1, -0.05) is 13.3 Å². The first-order chi connectivity index (χ1) is 8.70. The molecule has 100 valence electrons. The zero-order valence-electron chi connectivity index (χ0n) is 10.8. The van der Waals surface area contributed by atoms with Crippen LogP contribution in [0.25, 0.3) is 0 Å². The van der Waals surface area contributed by atoms with Crippen LogP contribution in [0.2, 0.25) is 0 Å². The Hall–Kier alpha value is -1.36. The first-order valence-electron chi connectivity index (χ1n) is 6.63. The number of aromatic nitrogens is 2. The summed E-state index contributed by atoms with van der Waals surface area (Å²) in [6, 6.07) is -0.313. The van der Waals surface area contributed by atoms with Gasteiger partial charge in [0.15, 0.2) is 0 Å². The second-order valence-corrected chi connectivity index (χ2v) is 4.99. The summed E-state index contributed by atoms with van der Waals surface area (Å²) in [6.45, 7) is 4.62. The summed E-state index contributed by atoms with van der Waals surface area (Å²) in [5.41, 5.74) is 0. The lowest BCUT2D eigenvalue weighted by Crippen LogP contribution is -2.48. The molecular formula is C13H21N3O2. The molecule has 1 fully saturated rings. The van der Waals surface area contributed by atoms with Crippen molar-refractivity contribution in [1.29, 1.82) is 0 Å². The summed E-state index contributed by atoms with van der Waals surface area (Å²) in [4.78, 5) is 17.4. The van der Waals surface area contributed by atoms with Crippen molar-refractivity contribution < 1.29 is 9.90 Å². The number of nitrogens with zero attached hydrogens (tertiary/aromatic N) is 3. The van der Waals surface area contributed by atoms with Crippen molar-refractivity contribution in [1.82, 2.24) is 14.5 Å². The maximum Gasteiger partial charge on any atom is 0.320 e. The Kier molecular flexibility index (Phi) is 4.36. The van der Waals surface area contributed by atoms with Crippen molar-refractivity contribution in [3.63, 3.8) is 0 Å². The smallest absolute Gasteiger partial charge is 0.320 e. The SMILES string of the molecule is CCC1CCN(CCn2ccnc2)C(C(=O)O)C1. The topological polar surface area (TPSA) is 58.4 Å². The van der Waals surface area contributed by atoms with E-state index in [2.05, 4.69) is 16.8 Å². The molecule has 5 nitrogen and oxygen atoms in total. The molecule has 1 aliphatic heterocycles. The molecule has 18 heavy (non-hydrogen) atoms. The van der Waals surface area contributed by atoms with Crippen LogP contribution in [0.5, 0.6) is 0 Å². The molecule has 0 radical (unpaired) electrons. The number of imidazole rings is 1. The number of carboxylic acid groups (broad SMARTS) is 1. The van der Waals surface area contributed by atoms with E-state index >= 15 is 0 Å². The molecule has 0 saturated carbocycles. The van der Waals surface area contributed by atoms with Gasteiger partial charge in [0.1, 0.15) is 6.04 Å². The van der Waals surface area contributed by atoms with Gasteiger partial charge in [0.05, 0.1) is 6.33 Å².